The van der Waals surface area contributed by atoms with Gasteiger partial charge >= 0.3 is 6.09 Å². The third-order valence-electron chi connectivity index (χ3n) is 4.22. The van der Waals surface area contributed by atoms with Gasteiger partial charge in [-0.15, -0.1) is 0 Å². The average Bonchev–Trinajstić information content (AvgIpc) is 2.66. The molecule has 0 aromatic carbocycles. The molecule has 18 heavy (non-hydrogen) atoms. The molecule has 2 heterocycles. The van der Waals surface area contributed by atoms with Gasteiger partial charge in [-0.05, 0) is 13.5 Å². The minimum absolute atomic E-state index is 0.0870. The lowest BCUT2D eigenvalue weighted by atomic mass is 9.91. The second kappa shape index (κ2) is 5.91. The lowest BCUT2D eigenvalue weighted by Crippen LogP contribution is -2.45. The third kappa shape index (κ3) is 3.16. The standard InChI is InChI=1S/C14H26N2O2/c1-3-4-5-6-9-16-12-14(18-13(16)17)7-10-15(2)11-8-14/h3-12H2,1-2H3. The molecule has 2 rings (SSSR count). The van der Waals surface area contributed by atoms with Crippen molar-refractivity contribution < 1.29 is 9.53 Å². The lowest BCUT2D eigenvalue weighted by molar-refractivity contribution is 0.00658. The Balaban J connectivity index is 1.79. The number of hydrogen-bond donors (Lipinski definition) is 0. The second-order valence-corrected chi connectivity index (χ2v) is 5.84. The summed E-state index contributed by atoms with van der Waals surface area (Å²) < 4.78 is 5.67. The first-order valence-corrected chi connectivity index (χ1v) is 7.32. The molecule has 1 amide bonds. The fraction of sp³-hybridized carbons (Fsp3) is 0.929. The predicted molar refractivity (Wildman–Crippen MR) is 71.7 cm³/mol. The van der Waals surface area contributed by atoms with Gasteiger partial charge in [0.15, 0.2) is 0 Å². The van der Waals surface area contributed by atoms with E-state index in [0.717, 1.165) is 45.4 Å². The van der Waals surface area contributed by atoms with Crippen LogP contribution in [0, 0.1) is 0 Å². The van der Waals surface area contributed by atoms with E-state index in [4.69, 9.17) is 4.74 Å². The minimum atomic E-state index is -0.172. The highest BCUT2D eigenvalue weighted by Crippen LogP contribution is 2.32. The van der Waals surface area contributed by atoms with Crippen LogP contribution in [-0.4, -0.2) is 54.7 Å². The summed E-state index contributed by atoms with van der Waals surface area (Å²) in [6, 6.07) is 0. The molecule has 0 aromatic heterocycles. The number of unbranched alkanes of at least 4 members (excludes halogenated alkanes) is 3. The molecule has 2 aliphatic heterocycles. The largest absolute Gasteiger partial charge is 0.441 e. The highest BCUT2D eigenvalue weighted by Gasteiger charge is 2.46. The lowest BCUT2D eigenvalue weighted by Gasteiger charge is -2.35. The molecular weight excluding hydrogens is 228 g/mol. The van der Waals surface area contributed by atoms with Crippen molar-refractivity contribution in [2.24, 2.45) is 0 Å². The molecule has 2 aliphatic rings. The van der Waals surface area contributed by atoms with E-state index in [1.54, 1.807) is 0 Å². The summed E-state index contributed by atoms with van der Waals surface area (Å²) in [5.41, 5.74) is -0.172. The van der Waals surface area contributed by atoms with E-state index < -0.39 is 0 Å². The van der Waals surface area contributed by atoms with Crippen LogP contribution in [-0.2, 0) is 4.74 Å². The fourth-order valence-electron chi connectivity index (χ4n) is 2.88. The topological polar surface area (TPSA) is 32.8 Å². The van der Waals surface area contributed by atoms with Gasteiger partial charge in [0.2, 0.25) is 0 Å². The number of nitrogens with zero attached hydrogens (tertiary/aromatic N) is 2. The van der Waals surface area contributed by atoms with Crippen LogP contribution in [0.4, 0.5) is 4.79 Å². The molecule has 0 saturated carbocycles. The Morgan fingerprint density at radius 2 is 1.94 bits per heavy atom. The summed E-state index contributed by atoms with van der Waals surface area (Å²) in [6.45, 7) is 5.97. The Morgan fingerprint density at radius 1 is 1.22 bits per heavy atom. The third-order valence-corrected chi connectivity index (χ3v) is 4.22. The van der Waals surface area contributed by atoms with Gasteiger partial charge in [0.25, 0.3) is 0 Å². The van der Waals surface area contributed by atoms with Gasteiger partial charge in [0.05, 0.1) is 6.54 Å². The Kier molecular flexibility index (Phi) is 4.49. The van der Waals surface area contributed by atoms with E-state index in [9.17, 15) is 4.79 Å². The van der Waals surface area contributed by atoms with Crippen LogP contribution in [0.3, 0.4) is 0 Å². The zero-order valence-corrected chi connectivity index (χ0v) is 11.8. The summed E-state index contributed by atoms with van der Waals surface area (Å²) in [5, 5.41) is 0. The first-order valence-electron chi connectivity index (χ1n) is 7.32. The molecule has 2 saturated heterocycles. The summed E-state index contributed by atoms with van der Waals surface area (Å²) in [7, 11) is 2.13. The fourth-order valence-corrected chi connectivity index (χ4v) is 2.88. The van der Waals surface area contributed by atoms with Crippen molar-refractivity contribution >= 4 is 6.09 Å². The first kappa shape index (κ1) is 13.7. The Hall–Kier alpha value is -0.770. The maximum atomic E-state index is 11.9. The van der Waals surface area contributed by atoms with Crippen molar-refractivity contribution in [3.05, 3.63) is 0 Å². The van der Waals surface area contributed by atoms with Crippen molar-refractivity contribution in [1.82, 2.24) is 9.80 Å². The first-order chi connectivity index (χ1) is 8.65. The van der Waals surface area contributed by atoms with Gasteiger partial charge < -0.3 is 14.5 Å². The zero-order chi connectivity index (χ0) is 13.0. The van der Waals surface area contributed by atoms with Gasteiger partial charge in [-0.25, -0.2) is 4.79 Å². The summed E-state index contributed by atoms with van der Waals surface area (Å²) in [5.74, 6) is 0. The van der Waals surface area contributed by atoms with Crippen LogP contribution in [0.2, 0.25) is 0 Å². The van der Waals surface area contributed by atoms with Gasteiger partial charge in [0, 0.05) is 32.5 Å². The number of rotatable bonds is 5. The molecule has 0 atom stereocenters. The molecule has 0 aromatic rings. The predicted octanol–water partition coefficient (Wildman–Crippen LogP) is 2.48. The van der Waals surface area contributed by atoms with Gasteiger partial charge in [-0.1, -0.05) is 26.2 Å². The number of carbonyl (C=O) groups is 1. The molecule has 104 valence electrons. The van der Waals surface area contributed by atoms with Crippen molar-refractivity contribution in [1.29, 1.82) is 0 Å². The number of likely N-dealkylation sites (tertiary alicyclic amines) is 1. The molecule has 1 spiro atoms. The Morgan fingerprint density at radius 3 is 2.61 bits per heavy atom. The Bertz CT molecular complexity index is 286. The monoisotopic (exact) mass is 254 g/mol. The van der Waals surface area contributed by atoms with E-state index in [1.807, 2.05) is 4.90 Å². The number of piperidine rings is 1. The number of hydrogen-bond acceptors (Lipinski definition) is 3. The van der Waals surface area contributed by atoms with Crippen LogP contribution in [0.25, 0.3) is 0 Å². The molecule has 0 bridgehead atoms. The number of ether oxygens (including phenoxy) is 1. The molecule has 0 N–H and O–H groups in total. The summed E-state index contributed by atoms with van der Waals surface area (Å²) >= 11 is 0. The molecule has 2 fully saturated rings. The van der Waals surface area contributed by atoms with E-state index in [0.29, 0.717) is 0 Å². The maximum absolute atomic E-state index is 11.9. The quantitative estimate of drug-likeness (QED) is 0.707. The number of carbonyl (C=O) groups excluding carboxylic acids is 1. The van der Waals surface area contributed by atoms with Crippen LogP contribution in [0.1, 0.15) is 45.4 Å². The normalized spacial score (nSPS) is 23.7. The van der Waals surface area contributed by atoms with Gasteiger partial charge in [-0.2, -0.15) is 0 Å². The smallest absolute Gasteiger partial charge is 0.410 e. The van der Waals surface area contributed by atoms with E-state index >= 15 is 0 Å². The van der Waals surface area contributed by atoms with Crippen LogP contribution in [0.15, 0.2) is 0 Å². The second-order valence-electron chi connectivity index (χ2n) is 5.84. The van der Waals surface area contributed by atoms with Crippen molar-refractivity contribution in [3.63, 3.8) is 0 Å². The molecule has 4 heteroatoms. The minimum Gasteiger partial charge on any atom is -0.441 e. The van der Waals surface area contributed by atoms with Gasteiger partial charge in [0.1, 0.15) is 5.60 Å². The van der Waals surface area contributed by atoms with Crippen LogP contribution >= 0.6 is 0 Å². The molecule has 4 nitrogen and oxygen atoms in total. The maximum Gasteiger partial charge on any atom is 0.410 e. The molecular formula is C14H26N2O2. The molecule has 0 unspecified atom stereocenters. The van der Waals surface area contributed by atoms with Crippen molar-refractivity contribution in [2.75, 3.05) is 33.2 Å². The zero-order valence-electron chi connectivity index (χ0n) is 11.8. The highest BCUT2D eigenvalue weighted by molar-refractivity contribution is 5.70. The van der Waals surface area contributed by atoms with E-state index in [1.165, 1.54) is 19.3 Å². The average molecular weight is 254 g/mol. The Labute approximate surface area is 110 Å². The molecule has 0 radical (unpaired) electrons. The summed E-state index contributed by atoms with van der Waals surface area (Å²) in [6.07, 6.45) is 6.71. The van der Waals surface area contributed by atoms with Crippen LogP contribution < -0.4 is 0 Å². The highest BCUT2D eigenvalue weighted by atomic mass is 16.6. The summed E-state index contributed by atoms with van der Waals surface area (Å²) in [4.78, 5) is 16.1. The van der Waals surface area contributed by atoms with Gasteiger partial charge in [-0.3, -0.25) is 0 Å². The van der Waals surface area contributed by atoms with Crippen LogP contribution in [0.5, 0.6) is 0 Å². The van der Waals surface area contributed by atoms with Crippen molar-refractivity contribution in [2.45, 2.75) is 51.0 Å². The van der Waals surface area contributed by atoms with Crippen molar-refractivity contribution in [3.8, 4) is 0 Å². The SMILES string of the molecule is CCCCCCN1CC2(CCN(C)CC2)OC1=O. The molecule has 0 aliphatic carbocycles. The van der Waals surface area contributed by atoms with E-state index in [-0.39, 0.29) is 11.7 Å². The van der Waals surface area contributed by atoms with E-state index in [2.05, 4.69) is 18.9 Å². The number of amides is 1.